The summed E-state index contributed by atoms with van der Waals surface area (Å²) in [6.07, 6.45) is 2.57. The van der Waals surface area contributed by atoms with Crippen molar-refractivity contribution in [1.29, 1.82) is 0 Å². The number of ether oxygens (including phenoxy) is 1. The molecule has 202 valence electrons. The molecule has 7 nitrogen and oxygen atoms in total. The number of nitrogens with one attached hydrogen (secondary N) is 1. The van der Waals surface area contributed by atoms with E-state index in [0.717, 1.165) is 40.4 Å². The van der Waals surface area contributed by atoms with Crippen molar-refractivity contribution in [1.82, 2.24) is 20.2 Å². The zero-order valence-corrected chi connectivity index (χ0v) is 24.0. The highest BCUT2D eigenvalue weighted by Gasteiger charge is 2.19. The number of aryl methyl sites for hydroxylation is 1. The van der Waals surface area contributed by atoms with Gasteiger partial charge in [-0.25, -0.2) is 5.43 Å². The van der Waals surface area contributed by atoms with Gasteiger partial charge < -0.3 is 4.74 Å². The van der Waals surface area contributed by atoms with Crippen LogP contribution < -0.4 is 10.2 Å². The van der Waals surface area contributed by atoms with Crippen LogP contribution in [0.5, 0.6) is 5.75 Å². The second-order valence-corrected chi connectivity index (χ2v) is 11.2. The third-order valence-electron chi connectivity index (χ3n) is 6.02. The van der Waals surface area contributed by atoms with Gasteiger partial charge in [0.15, 0.2) is 11.0 Å². The lowest BCUT2D eigenvalue weighted by atomic mass is 9.87. The molecule has 1 N–H and O–H groups in total. The molecule has 0 bridgehead atoms. The fourth-order valence-corrected chi connectivity index (χ4v) is 4.55. The summed E-state index contributed by atoms with van der Waals surface area (Å²) in [5.41, 5.74) is 7.84. The Kier molecular flexibility index (Phi) is 9.19. The largest absolute Gasteiger partial charge is 0.494 e. The van der Waals surface area contributed by atoms with Crippen molar-refractivity contribution in [2.75, 3.05) is 12.4 Å². The number of amides is 1. The number of hydrogen-bond acceptors (Lipinski definition) is 6. The molecule has 0 unspecified atom stereocenters. The van der Waals surface area contributed by atoms with Gasteiger partial charge in [0.25, 0.3) is 5.91 Å². The van der Waals surface area contributed by atoms with E-state index >= 15 is 0 Å². The maximum absolute atomic E-state index is 12.6. The average Bonchev–Trinajstić information content (AvgIpc) is 3.35. The Morgan fingerprint density at radius 3 is 2.33 bits per heavy atom. The van der Waals surface area contributed by atoms with E-state index < -0.39 is 0 Å². The summed E-state index contributed by atoms with van der Waals surface area (Å²) in [5.74, 6) is 1.46. The van der Waals surface area contributed by atoms with Crippen molar-refractivity contribution in [3.8, 4) is 22.8 Å². The topological polar surface area (TPSA) is 81.4 Å². The summed E-state index contributed by atoms with van der Waals surface area (Å²) in [6.45, 7) is 11.4. The van der Waals surface area contributed by atoms with Gasteiger partial charge in [-0.1, -0.05) is 81.4 Å². The maximum atomic E-state index is 12.6. The first kappa shape index (κ1) is 28.1. The highest BCUT2D eigenvalue weighted by atomic mass is 32.2. The van der Waals surface area contributed by atoms with E-state index in [9.17, 15) is 4.79 Å². The quantitative estimate of drug-likeness (QED) is 0.139. The van der Waals surface area contributed by atoms with Crippen LogP contribution >= 0.6 is 11.8 Å². The van der Waals surface area contributed by atoms with E-state index in [1.54, 1.807) is 6.21 Å². The Bertz CT molecular complexity index is 1400. The fourth-order valence-electron chi connectivity index (χ4n) is 3.81. The van der Waals surface area contributed by atoms with Crippen LogP contribution in [0.1, 0.15) is 50.8 Å². The van der Waals surface area contributed by atoms with Crippen molar-refractivity contribution >= 4 is 23.9 Å². The van der Waals surface area contributed by atoms with Gasteiger partial charge in [0.2, 0.25) is 0 Å². The highest BCUT2D eigenvalue weighted by molar-refractivity contribution is 7.99. The number of hydrazone groups is 1. The predicted molar refractivity (Wildman–Crippen MR) is 159 cm³/mol. The number of rotatable bonds is 10. The first-order valence-electron chi connectivity index (χ1n) is 13.1. The minimum Gasteiger partial charge on any atom is -0.494 e. The third kappa shape index (κ3) is 7.57. The fraction of sp³-hybridized carbons (Fsp3) is 0.290. The molecule has 39 heavy (non-hydrogen) atoms. The molecular weight excluding hydrogens is 506 g/mol. The Morgan fingerprint density at radius 2 is 1.69 bits per heavy atom. The van der Waals surface area contributed by atoms with E-state index in [1.165, 1.54) is 17.3 Å². The summed E-state index contributed by atoms with van der Waals surface area (Å²) in [6, 6.07) is 24.2. The summed E-state index contributed by atoms with van der Waals surface area (Å²) >= 11 is 1.32. The zero-order valence-electron chi connectivity index (χ0n) is 23.1. The first-order chi connectivity index (χ1) is 18.7. The molecule has 3 aromatic carbocycles. The number of nitrogens with zero attached hydrogens (tertiary/aromatic N) is 4. The number of hydrogen-bond donors (Lipinski definition) is 1. The summed E-state index contributed by atoms with van der Waals surface area (Å²) in [4.78, 5) is 12.6. The molecule has 0 atom stereocenters. The molecule has 0 aliphatic carbocycles. The van der Waals surface area contributed by atoms with Gasteiger partial charge in [0.05, 0.1) is 18.6 Å². The van der Waals surface area contributed by atoms with Gasteiger partial charge in [-0.05, 0) is 66.3 Å². The minimum absolute atomic E-state index is 0.0620. The van der Waals surface area contributed by atoms with Gasteiger partial charge >= 0.3 is 0 Å². The standard InChI is InChI=1S/C31H35N5O2S/c1-6-19-38-27-17-9-23(10-18-27)20-32-33-28(37)21-39-30-35-34-29(36(30)26-15-7-22(2)8-16-26)24-11-13-25(14-12-24)31(3,4)5/h7-18,20H,6,19,21H2,1-5H3,(H,33,37)/b32-20+. The molecule has 0 aliphatic heterocycles. The predicted octanol–water partition coefficient (Wildman–Crippen LogP) is 6.57. The number of carbonyl (C=O) groups is 1. The van der Waals surface area contributed by atoms with Crippen molar-refractivity contribution in [2.45, 2.75) is 51.6 Å². The van der Waals surface area contributed by atoms with Crippen LogP contribution in [0.3, 0.4) is 0 Å². The Balaban J connectivity index is 1.46. The van der Waals surface area contributed by atoms with Gasteiger partial charge in [0, 0.05) is 11.3 Å². The van der Waals surface area contributed by atoms with Crippen LogP contribution in [-0.2, 0) is 10.2 Å². The van der Waals surface area contributed by atoms with Gasteiger partial charge in [-0.2, -0.15) is 5.10 Å². The lowest BCUT2D eigenvalue weighted by Crippen LogP contribution is -2.20. The monoisotopic (exact) mass is 541 g/mol. The number of thioether (sulfide) groups is 1. The third-order valence-corrected chi connectivity index (χ3v) is 6.95. The first-order valence-corrected chi connectivity index (χ1v) is 14.0. The van der Waals surface area contributed by atoms with Gasteiger partial charge in [-0.3, -0.25) is 9.36 Å². The number of carbonyl (C=O) groups excluding carboxylic acids is 1. The molecule has 1 heterocycles. The zero-order chi connectivity index (χ0) is 27.8. The molecule has 0 aliphatic rings. The molecule has 8 heteroatoms. The van der Waals surface area contributed by atoms with Crippen LogP contribution in [0.4, 0.5) is 0 Å². The van der Waals surface area contributed by atoms with Crippen molar-refractivity contribution in [3.05, 3.63) is 89.5 Å². The van der Waals surface area contributed by atoms with Crippen LogP contribution in [0.2, 0.25) is 0 Å². The molecule has 1 amide bonds. The molecule has 0 spiro atoms. The van der Waals surface area contributed by atoms with E-state index in [4.69, 9.17) is 4.74 Å². The van der Waals surface area contributed by atoms with Crippen LogP contribution in [0, 0.1) is 6.92 Å². The molecular formula is C31H35N5O2S. The SMILES string of the molecule is CCCOc1ccc(/C=N/NC(=O)CSc2nnc(-c3ccc(C(C)(C)C)cc3)n2-c2ccc(C)cc2)cc1. The molecule has 0 fully saturated rings. The maximum Gasteiger partial charge on any atom is 0.250 e. The molecule has 0 saturated heterocycles. The lowest BCUT2D eigenvalue weighted by molar-refractivity contribution is -0.118. The lowest BCUT2D eigenvalue weighted by Gasteiger charge is -2.19. The van der Waals surface area contributed by atoms with Crippen LogP contribution in [-0.4, -0.2) is 39.2 Å². The summed E-state index contributed by atoms with van der Waals surface area (Å²) in [5, 5.41) is 13.7. The normalized spacial score (nSPS) is 11.6. The smallest absolute Gasteiger partial charge is 0.250 e. The molecule has 4 rings (SSSR count). The summed E-state index contributed by atoms with van der Waals surface area (Å²) in [7, 11) is 0. The van der Waals surface area contributed by atoms with Crippen molar-refractivity contribution < 1.29 is 9.53 Å². The second-order valence-electron chi connectivity index (χ2n) is 10.3. The Morgan fingerprint density at radius 1 is 1.00 bits per heavy atom. The summed E-state index contributed by atoms with van der Waals surface area (Å²) < 4.78 is 7.59. The minimum atomic E-state index is -0.228. The average molecular weight is 542 g/mol. The van der Waals surface area contributed by atoms with E-state index in [1.807, 2.05) is 41.0 Å². The Labute approximate surface area is 234 Å². The molecule has 1 aromatic heterocycles. The van der Waals surface area contributed by atoms with Crippen LogP contribution in [0.15, 0.2) is 83.1 Å². The van der Waals surface area contributed by atoms with E-state index in [2.05, 4.69) is 91.7 Å². The number of benzene rings is 3. The van der Waals surface area contributed by atoms with Crippen molar-refractivity contribution in [3.63, 3.8) is 0 Å². The second kappa shape index (κ2) is 12.8. The van der Waals surface area contributed by atoms with Gasteiger partial charge in [0.1, 0.15) is 5.75 Å². The molecule has 0 radical (unpaired) electrons. The van der Waals surface area contributed by atoms with Gasteiger partial charge in [-0.15, -0.1) is 10.2 Å². The van der Waals surface area contributed by atoms with Crippen molar-refractivity contribution in [2.24, 2.45) is 5.10 Å². The molecule has 4 aromatic rings. The highest BCUT2D eigenvalue weighted by Crippen LogP contribution is 2.30. The number of aromatic nitrogens is 3. The van der Waals surface area contributed by atoms with Crippen LogP contribution in [0.25, 0.3) is 17.1 Å². The van der Waals surface area contributed by atoms with E-state index in [-0.39, 0.29) is 17.1 Å². The molecule has 0 saturated carbocycles. The Hall–Kier alpha value is -3.91. The van der Waals surface area contributed by atoms with E-state index in [0.29, 0.717) is 11.8 Å².